The molecule has 1 atom stereocenters. The Kier molecular flexibility index (Phi) is 7.53. The van der Waals surface area contributed by atoms with E-state index >= 15 is 0 Å². The minimum Gasteiger partial charge on any atom is -0.488 e. The highest BCUT2D eigenvalue weighted by Crippen LogP contribution is 2.26. The van der Waals surface area contributed by atoms with Crippen molar-refractivity contribution < 1.29 is 19.7 Å². The number of carbonyl (C=O) groups excluding carboxylic acids is 1. The molecule has 1 aromatic carbocycles. The van der Waals surface area contributed by atoms with E-state index in [9.17, 15) is 14.7 Å². The molecular formula is C23H21ClN4O5S. The Bertz CT molecular complexity index is 1350. The van der Waals surface area contributed by atoms with E-state index in [0.717, 1.165) is 0 Å². The first-order chi connectivity index (χ1) is 16.4. The monoisotopic (exact) mass is 500 g/mol. The number of hydrogen-bond acceptors (Lipinski definition) is 8. The molecule has 0 aliphatic carbocycles. The predicted octanol–water partition coefficient (Wildman–Crippen LogP) is 2.68. The predicted molar refractivity (Wildman–Crippen MR) is 128 cm³/mol. The van der Waals surface area contributed by atoms with Gasteiger partial charge in [0.1, 0.15) is 24.1 Å². The van der Waals surface area contributed by atoms with Crippen molar-refractivity contribution in [2.24, 2.45) is 0 Å². The third-order valence-corrected chi connectivity index (χ3v) is 6.20. The van der Waals surface area contributed by atoms with E-state index in [-0.39, 0.29) is 24.4 Å². The molecule has 0 radical (unpaired) electrons. The van der Waals surface area contributed by atoms with Crippen LogP contribution < -0.4 is 10.3 Å². The smallest absolute Gasteiger partial charge is 0.255 e. The molecule has 0 fully saturated rings. The summed E-state index contributed by atoms with van der Waals surface area (Å²) in [5.74, 6) is 0.313. The number of aromatic nitrogens is 4. The average molecular weight is 501 g/mol. The van der Waals surface area contributed by atoms with Gasteiger partial charge in [-0.15, -0.1) is 16.4 Å². The lowest BCUT2D eigenvalue weighted by Crippen LogP contribution is -2.22. The first-order valence-corrected chi connectivity index (χ1v) is 11.6. The molecule has 176 valence electrons. The van der Waals surface area contributed by atoms with Gasteiger partial charge in [-0.1, -0.05) is 22.9 Å². The van der Waals surface area contributed by atoms with Crippen molar-refractivity contribution in [3.63, 3.8) is 0 Å². The summed E-state index contributed by atoms with van der Waals surface area (Å²) in [5.41, 5.74) is 1.48. The molecule has 0 spiro atoms. The number of halogens is 1. The molecular weight excluding hydrogens is 480 g/mol. The Labute approximate surface area is 203 Å². The van der Waals surface area contributed by atoms with Crippen LogP contribution in [0.3, 0.4) is 0 Å². The number of Topliss-reactive ketones (excluding diaryl/α,β-unsaturated/α-hetero) is 1. The topological polar surface area (TPSA) is 119 Å². The zero-order chi connectivity index (χ0) is 24.1. The fraction of sp³-hybridized carbons (Fsp3) is 0.217. The second kappa shape index (κ2) is 10.7. The maximum Gasteiger partial charge on any atom is 0.255 e. The van der Waals surface area contributed by atoms with E-state index in [1.165, 1.54) is 26.7 Å². The summed E-state index contributed by atoms with van der Waals surface area (Å²) in [7, 11) is 0. The number of thiophene rings is 1. The van der Waals surface area contributed by atoms with Gasteiger partial charge >= 0.3 is 0 Å². The lowest BCUT2D eigenvalue weighted by molar-refractivity contribution is 0.0535. The highest BCUT2D eigenvalue weighted by molar-refractivity contribution is 7.18. The maximum absolute atomic E-state index is 12.3. The van der Waals surface area contributed by atoms with Crippen molar-refractivity contribution in [1.29, 1.82) is 0 Å². The Morgan fingerprint density at radius 2 is 2.06 bits per heavy atom. The molecule has 0 bridgehead atoms. The number of pyridine rings is 1. The molecule has 3 aromatic heterocycles. The molecule has 0 saturated carbocycles. The summed E-state index contributed by atoms with van der Waals surface area (Å²) >= 11 is 7.14. The standard InChI is InChI=1S/C23H21ClN4O5S/c24-22-9-8-21(34-22)19(31)7-4-15-12-28(26-25-15)18-6-5-16(27-10-2-1-3-23(27)32)11-20(18)33-14-17(30)13-29/h1-3,5-6,8-12,17,29-30H,4,7,13-14H2/t17-/m0/s1. The molecule has 0 amide bonds. The summed E-state index contributed by atoms with van der Waals surface area (Å²) in [6.07, 6.45) is 2.91. The highest BCUT2D eigenvalue weighted by Gasteiger charge is 2.15. The van der Waals surface area contributed by atoms with Crippen molar-refractivity contribution in [3.05, 3.63) is 86.2 Å². The average Bonchev–Trinajstić information content (AvgIpc) is 3.50. The molecule has 4 aromatic rings. The van der Waals surface area contributed by atoms with Gasteiger partial charge in [0.2, 0.25) is 0 Å². The summed E-state index contributed by atoms with van der Waals surface area (Å²) in [5, 5.41) is 27.1. The van der Waals surface area contributed by atoms with Crippen molar-refractivity contribution in [2.75, 3.05) is 13.2 Å². The maximum atomic E-state index is 12.3. The van der Waals surface area contributed by atoms with Gasteiger partial charge in [-0.3, -0.25) is 14.2 Å². The van der Waals surface area contributed by atoms with Crippen LogP contribution in [0.25, 0.3) is 11.4 Å². The van der Waals surface area contributed by atoms with Gasteiger partial charge in [0.25, 0.3) is 5.56 Å². The fourth-order valence-corrected chi connectivity index (χ4v) is 4.21. The van der Waals surface area contributed by atoms with Crippen molar-refractivity contribution >= 4 is 28.7 Å². The Morgan fingerprint density at radius 1 is 1.21 bits per heavy atom. The minimum absolute atomic E-state index is 0.0221. The number of benzene rings is 1. The molecule has 9 nitrogen and oxygen atoms in total. The molecule has 0 saturated heterocycles. The van der Waals surface area contributed by atoms with E-state index in [2.05, 4.69) is 10.3 Å². The first kappa shape index (κ1) is 23.8. The molecule has 0 unspecified atom stereocenters. The molecule has 0 aliphatic heterocycles. The van der Waals surface area contributed by atoms with E-state index in [1.54, 1.807) is 54.9 Å². The van der Waals surface area contributed by atoms with Crippen LogP contribution in [0.2, 0.25) is 4.34 Å². The number of aliphatic hydroxyl groups excluding tert-OH is 2. The van der Waals surface area contributed by atoms with Crippen LogP contribution in [0, 0.1) is 0 Å². The van der Waals surface area contributed by atoms with Gasteiger partial charge in [0, 0.05) is 31.2 Å². The van der Waals surface area contributed by atoms with Gasteiger partial charge in [-0.2, -0.15) is 0 Å². The summed E-state index contributed by atoms with van der Waals surface area (Å²) in [6, 6.07) is 13.3. The number of hydrogen-bond donors (Lipinski definition) is 2. The van der Waals surface area contributed by atoms with Crippen molar-refractivity contribution in [2.45, 2.75) is 18.9 Å². The highest BCUT2D eigenvalue weighted by atomic mass is 35.5. The Morgan fingerprint density at radius 3 is 2.79 bits per heavy atom. The number of ketones is 1. The third-order valence-electron chi connectivity index (χ3n) is 4.93. The van der Waals surface area contributed by atoms with E-state index in [1.807, 2.05) is 0 Å². The summed E-state index contributed by atoms with van der Waals surface area (Å²) in [6.45, 7) is -0.611. The van der Waals surface area contributed by atoms with E-state index in [4.69, 9.17) is 21.4 Å². The normalized spacial score (nSPS) is 12.0. The van der Waals surface area contributed by atoms with Gasteiger partial charge in [0.15, 0.2) is 5.78 Å². The number of ether oxygens (including phenoxy) is 1. The van der Waals surface area contributed by atoms with Crippen LogP contribution in [0.5, 0.6) is 5.75 Å². The fourth-order valence-electron chi connectivity index (χ4n) is 3.20. The largest absolute Gasteiger partial charge is 0.488 e. The number of nitrogens with zero attached hydrogens (tertiary/aromatic N) is 4. The van der Waals surface area contributed by atoms with E-state index < -0.39 is 12.7 Å². The van der Waals surface area contributed by atoms with Gasteiger partial charge < -0.3 is 14.9 Å². The quantitative estimate of drug-likeness (QED) is 0.321. The Hall–Kier alpha value is -3.31. The van der Waals surface area contributed by atoms with Gasteiger partial charge in [0.05, 0.1) is 33.4 Å². The molecule has 4 rings (SSSR count). The third kappa shape index (κ3) is 5.60. The van der Waals surface area contributed by atoms with E-state index in [0.29, 0.717) is 38.5 Å². The summed E-state index contributed by atoms with van der Waals surface area (Å²) < 4.78 is 9.25. The number of carbonyl (C=O) groups is 1. The lowest BCUT2D eigenvalue weighted by Gasteiger charge is -2.15. The Balaban J connectivity index is 1.57. The molecule has 3 heterocycles. The molecule has 11 heteroatoms. The van der Waals surface area contributed by atoms with Crippen LogP contribution in [0.1, 0.15) is 21.8 Å². The first-order valence-electron chi connectivity index (χ1n) is 10.4. The summed E-state index contributed by atoms with van der Waals surface area (Å²) in [4.78, 5) is 25.2. The molecule has 2 N–H and O–H groups in total. The molecule has 34 heavy (non-hydrogen) atoms. The van der Waals surface area contributed by atoms with Crippen LogP contribution in [0.15, 0.2) is 65.7 Å². The minimum atomic E-state index is -1.07. The van der Waals surface area contributed by atoms with Crippen LogP contribution >= 0.6 is 22.9 Å². The zero-order valence-electron chi connectivity index (χ0n) is 17.9. The second-order valence-electron chi connectivity index (χ2n) is 7.39. The lowest BCUT2D eigenvalue weighted by atomic mass is 10.1. The van der Waals surface area contributed by atoms with Crippen LogP contribution in [-0.2, 0) is 6.42 Å². The van der Waals surface area contributed by atoms with Crippen LogP contribution in [0.4, 0.5) is 0 Å². The van der Waals surface area contributed by atoms with Gasteiger partial charge in [-0.05, 0) is 30.3 Å². The number of aryl methyl sites for hydroxylation is 1. The van der Waals surface area contributed by atoms with Crippen molar-refractivity contribution in [1.82, 2.24) is 19.6 Å². The second-order valence-corrected chi connectivity index (χ2v) is 9.10. The molecule has 0 aliphatic rings. The zero-order valence-corrected chi connectivity index (χ0v) is 19.4. The number of rotatable bonds is 10. The van der Waals surface area contributed by atoms with Gasteiger partial charge in [-0.25, -0.2) is 4.68 Å². The van der Waals surface area contributed by atoms with Crippen molar-refractivity contribution in [3.8, 4) is 17.1 Å². The SMILES string of the molecule is O=C(CCc1cn(-c2ccc(-n3ccccc3=O)cc2OC[C@@H](O)CO)nn1)c1ccc(Cl)s1. The number of aliphatic hydroxyl groups is 2. The van der Waals surface area contributed by atoms with Crippen LogP contribution in [-0.4, -0.2) is 54.9 Å².